The molecule has 0 spiro atoms. The van der Waals surface area contributed by atoms with Crippen molar-refractivity contribution in [3.8, 4) is 0 Å². The minimum Gasteiger partial charge on any atom is -0.469 e. The van der Waals surface area contributed by atoms with Crippen LogP contribution in [0.2, 0.25) is 0 Å². The van der Waals surface area contributed by atoms with Crippen LogP contribution in [0, 0.1) is 0 Å². The van der Waals surface area contributed by atoms with Gasteiger partial charge in [-0.1, -0.05) is 34.1 Å². The summed E-state index contributed by atoms with van der Waals surface area (Å²) >= 11 is 3.42. The Morgan fingerprint density at radius 1 is 1.27 bits per heavy atom. The largest absolute Gasteiger partial charge is 0.469 e. The number of esters is 1. The van der Waals surface area contributed by atoms with Gasteiger partial charge in [0.05, 0.1) is 7.11 Å². The molecule has 0 fully saturated rings. The first-order chi connectivity index (χ1) is 10.6. The predicted octanol–water partition coefficient (Wildman–Crippen LogP) is 3.10. The zero-order chi connectivity index (χ0) is 15.9. The number of halogens is 1. The molecular formula is C17H20BrNO3. The number of hydrogen-bond acceptors (Lipinski definition) is 3. The summed E-state index contributed by atoms with van der Waals surface area (Å²) in [6.45, 7) is 1.39. The van der Waals surface area contributed by atoms with Crippen molar-refractivity contribution in [3.63, 3.8) is 0 Å². The maximum absolute atomic E-state index is 12.2. The van der Waals surface area contributed by atoms with Crippen molar-refractivity contribution in [1.29, 1.82) is 0 Å². The van der Waals surface area contributed by atoms with Crippen molar-refractivity contribution >= 4 is 27.8 Å². The smallest absolute Gasteiger partial charge is 0.305 e. The van der Waals surface area contributed by atoms with Crippen LogP contribution in [0.25, 0.3) is 0 Å². The molecule has 1 aliphatic rings. The first-order valence-corrected chi connectivity index (χ1v) is 8.19. The second kappa shape index (κ2) is 8.13. The number of aryl methyl sites for hydroxylation is 1. The molecule has 4 nitrogen and oxygen atoms in total. The Hall–Kier alpha value is -1.62. The third kappa shape index (κ3) is 4.70. The normalized spacial score (nSPS) is 14.2. The van der Waals surface area contributed by atoms with Gasteiger partial charge in [-0.3, -0.25) is 9.59 Å². The predicted molar refractivity (Wildman–Crippen MR) is 88.4 cm³/mol. The highest BCUT2D eigenvalue weighted by Gasteiger charge is 2.23. The Balaban J connectivity index is 1.73. The highest BCUT2D eigenvalue weighted by Crippen LogP contribution is 2.18. The van der Waals surface area contributed by atoms with Gasteiger partial charge in [-0.2, -0.15) is 0 Å². The standard InChI is InChI=1S/C17H20BrNO3/c1-22-16(20)9-6-14-10-12-19(17(14)21)11-2-3-13-4-7-15(18)8-5-13/h4-5,7-8,10H,2-3,6,9,11-12H2,1H3. The molecule has 1 amide bonds. The maximum atomic E-state index is 12.2. The van der Waals surface area contributed by atoms with E-state index in [4.69, 9.17) is 0 Å². The molecule has 1 heterocycles. The molecule has 0 aliphatic carbocycles. The summed E-state index contributed by atoms with van der Waals surface area (Å²) in [6, 6.07) is 8.25. The number of rotatable bonds is 7. The van der Waals surface area contributed by atoms with E-state index in [9.17, 15) is 9.59 Å². The van der Waals surface area contributed by atoms with Gasteiger partial charge in [0, 0.05) is 29.6 Å². The number of ether oxygens (including phenoxy) is 1. The van der Waals surface area contributed by atoms with Gasteiger partial charge in [0.25, 0.3) is 0 Å². The summed E-state index contributed by atoms with van der Waals surface area (Å²) in [5.41, 5.74) is 2.00. The Labute approximate surface area is 139 Å². The molecule has 2 rings (SSSR count). The van der Waals surface area contributed by atoms with Crippen LogP contribution in [0.4, 0.5) is 0 Å². The van der Waals surface area contributed by atoms with Crippen LogP contribution in [0.5, 0.6) is 0 Å². The van der Waals surface area contributed by atoms with Crippen LogP contribution in [0.3, 0.4) is 0 Å². The molecular weight excluding hydrogens is 346 g/mol. The second-order valence-electron chi connectivity index (χ2n) is 5.29. The van der Waals surface area contributed by atoms with Crippen molar-refractivity contribution in [3.05, 3.63) is 46.0 Å². The third-order valence-corrected chi connectivity index (χ3v) is 4.28. The Morgan fingerprint density at radius 3 is 2.68 bits per heavy atom. The van der Waals surface area contributed by atoms with Crippen LogP contribution in [0.15, 0.2) is 40.4 Å². The van der Waals surface area contributed by atoms with E-state index in [1.165, 1.54) is 12.7 Å². The lowest BCUT2D eigenvalue weighted by molar-refractivity contribution is -0.140. The monoisotopic (exact) mass is 365 g/mol. The number of amides is 1. The first-order valence-electron chi connectivity index (χ1n) is 7.39. The maximum Gasteiger partial charge on any atom is 0.305 e. The van der Waals surface area contributed by atoms with Gasteiger partial charge in [0.1, 0.15) is 0 Å². The molecule has 0 aromatic heterocycles. The minimum atomic E-state index is -0.276. The average Bonchev–Trinajstić information content (AvgIpc) is 2.87. The zero-order valence-corrected chi connectivity index (χ0v) is 14.3. The van der Waals surface area contributed by atoms with Crippen molar-refractivity contribution in [1.82, 2.24) is 4.90 Å². The third-order valence-electron chi connectivity index (χ3n) is 3.75. The quantitative estimate of drug-likeness (QED) is 0.697. The van der Waals surface area contributed by atoms with Gasteiger partial charge in [-0.25, -0.2) is 0 Å². The highest BCUT2D eigenvalue weighted by atomic mass is 79.9. The summed E-state index contributed by atoms with van der Waals surface area (Å²) in [6.07, 6.45) is 4.54. The van der Waals surface area contributed by atoms with Gasteiger partial charge in [-0.05, 0) is 37.0 Å². The van der Waals surface area contributed by atoms with E-state index in [1.54, 1.807) is 0 Å². The fourth-order valence-corrected chi connectivity index (χ4v) is 2.72. The molecule has 0 saturated carbocycles. The van der Waals surface area contributed by atoms with E-state index in [0.717, 1.165) is 29.4 Å². The molecule has 0 radical (unpaired) electrons. The first kappa shape index (κ1) is 16.7. The van der Waals surface area contributed by atoms with Gasteiger partial charge >= 0.3 is 5.97 Å². The topological polar surface area (TPSA) is 46.6 Å². The number of carbonyl (C=O) groups is 2. The number of benzene rings is 1. The Morgan fingerprint density at radius 2 is 2.00 bits per heavy atom. The molecule has 0 unspecified atom stereocenters. The van der Waals surface area contributed by atoms with Gasteiger partial charge in [0.2, 0.25) is 5.91 Å². The number of nitrogens with zero attached hydrogens (tertiary/aromatic N) is 1. The lowest BCUT2D eigenvalue weighted by Crippen LogP contribution is -2.28. The minimum absolute atomic E-state index is 0.0553. The van der Waals surface area contributed by atoms with Gasteiger partial charge < -0.3 is 9.64 Å². The summed E-state index contributed by atoms with van der Waals surface area (Å²) < 4.78 is 5.67. The summed E-state index contributed by atoms with van der Waals surface area (Å²) in [4.78, 5) is 25.2. The molecule has 1 aromatic carbocycles. The van der Waals surface area contributed by atoms with Crippen molar-refractivity contribution in [2.75, 3.05) is 20.2 Å². The van der Waals surface area contributed by atoms with Gasteiger partial charge in [0.15, 0.2) is 0 Å². The fourth-order valence-electron chi connectivity index (χ4n) is 2.46. The molecule has 1 aliphatic heterocycles. The van der Waals surface area contributed by atoms with E-state index in [0.29, 0.717) is 13.0 Å². The summed E-state index contributed by atoms with van der Waals surface area (Å²) in [5.74, 6) is -0.220. The number of hydrogen-bond donors (Lipinski definition) is 0. The van der Waals surface area contributed by atoms with E-state index < -0.39 is 0 Å². The van der Waals surface area contributed by atoms with E-state index in [2.05, 4.69) is 32.8 Å². The molecule has 0 bridgehead atoms. The van der Waals surface area contributed by atoms with E-state index in [1.807, 2.05) is 23.1 Å². The molecule has 118 valence electrons. The summed E-state index contributed by atoms with van der Waals surface area (Å²) in [5, 5.41) is 0. The Kier molecular flexibility index (Phi) is 6.19. The molecule has 1 aromatic rings. The SMILES string of the molecule is COC(=O)CCC1=CCN(CCCc2ccc(Br)cc2)C1=O. The zero-order valence-electron chi connectivity index (χ0n) is 12.7. The van der Waals surface area contributed by atoms with Crippen LogP contribution in [0.1, 0.15) is 24.8 Å². The van der Waals surface area contributed by atoms with Crippen LogP contribution in [-0.4, -0.2) is 37.0 Å². The fraction of sp³-hybridized carbons (Fsp3) is 0.412. The number of carbonyl (C=O) groups excluding carboxylic acids is 2. The van der Waals surface area contributed by atoms with Gasteiger partial charge in [-0.15, -0.1) is 0 Å². The Bertz CT molecular complexity index is 566. The van der Waals surface area contributed by atoms with Crippen LogP contribution in [-0.2, 0) is 20.7 Å². The molecule has 0 N–H and O–H groups in total. The van der Waals surface area contributed by atoms with Crippen LogP contribution < -0.4 is 0 Å². The summed E-state index contributed by atoms with van der Waals surface area (Å²) in [7, 11) is 1.36. The number of methoxy groups -OCH3 is 1. The van der Waals surface area contributed by atoms with Crippen LogP contribution >= 0.6 is 15.9 Å². The lowest BCUT2D eigenvalue weighted by atomic mass is 10.1. The van der Waals surface area contributed by atoms with Crippen molar-refractivity contribution in [2.24, 2.45) is 0 Å². The molecule has 0 saturated heterocycles. The lowest BCUT2D eigenvalue weighted by Gasteiger charge is -2.16. The van der Waals surface area contributed by atoms with E-state index in [-0.39, 0.29) is 18.3 Å². The van der Waals surface area contributed by atoms with E-state index >= 15 is 0 Å². The average molecular weight is 366 g/mol. The second-order valence-corrected chi connectivity index (χ2v) is 6.20. The van der Waals surface area contributed by atoms with Crippen molar-refractivity contribution in [2.45, 2.75) is 25.7 Å². The molecule has 5 heteroatoms. The van der Waals surface area contributed by atoms with Crippen molar-refractivity contribution < 1.29 is 14.3 Å². The molecule has 0 atom stereocenters. The molecule has 22 heavy (non-hydrogen) atoms. The highest BCUT2D eigenvalue weighted by molar-refractivity contribution is 9.10.